The summed E-state index contributed by atoms with van der Waals surface area (Å²) in [6.45, 7) is 8.94. The van der Waals surface area contributed by atoms with Crippen molar-refractivity contribution < 1.29 is 9.53 Å². The predicted molar refractivity (Wildman–Crippen MR) is 67.6 cm³/mol. The maximum Gasteiger partial charge on any atom is 0.322 e. The average molecular weight is 239 g/mol. The largest absolute Gasteiger partial charge is 0.468 e. The van der Waals surface area contributed by atoms with E-state index < -0.39 is 0 Å². The van der Waals surface area contributed by atoms with Gasteiger partial charge in [0.2, 0.25) is 0 Å². The van der Waals surface area contributed by atoms with Crippen molar-refractivity contribution in [2.45, 2.75) is 59.0 Å². The molecule has 2 bridgehead atoms. The molecule has 2 aliphatic rings. The number of hydrogen-bond acceptors (Lipinski definition) is 3. The second-order valence-corrected chi connectivity index (χ2v) is 6.76. The van der Waals surface area contributed by atoms with E-state index in [0.717, 1.165) is 5.92 Å². The molecule has 2 aliphatic carbocycles. The van der Waals surface area contributed by atoms with Gasteiger partial charge in [-0.15, -0.1) is 0 Å². The van der Waals surface area contributed by atoms with Gasteiger partial charge in [0.1, 0.15) is 6.04 Å². The van der Waals surface area contributed by atoms with E-state index in [9.17, 15) is 4.79 Å². The Morgan fingerprint density at radius 1 is 1.41 bits per heavy atom. The van der Waals surface area contributed by atoms with Gasteiger partial charge in [0.05, 0.1) is 7.11 Å². The third-order valence-corrected chi connectivity index (χ3v) is 5.24. The highest BCUT2D eigenvalue weighted by molar-refractivity contribution is 5.75. The summed E-state index contributed by atoms with van der Waals surface area (Å²) in [6.07, 6.45) is 3.92. The summed E-state index contributed by atoms with van der Waals surface area (Å²) in [6, 6.07) is 0.211. The molecule has 0 radical (unpaired) electrons. The van der Waals surface area contributed by atoms with Crippen LogP contribution in [-0.4, -0.2) is 25.2 Å². The lowest BCUT2D eigenvalue weighted by molar-refractivity contribution is -0.143. The Hall–Kier alpha value is -0.570. The van der Waals surface area contributed by atoms with E-state index in [1.54, 1.807) is 0 Å². The van der Waals surface area contributed by atoms with E-state index in [1.807, 2.05) is 6.92 Å². The number of hydrogen-bond donors (Lipinski definition) is 1. The molecule has 0 aromatic heterocycles. The maximum atomic E-state index is 11.5. The van der Waals surface area contributed by atoms with Gasteiger partial charge >= 0.3 is 5.97 Å². The number of esters is 1. The average Bonchev–Trinajstić information content (AvgIpc) is 2.74. The Morgan fingerprint density at radius 3 is 2.53 bits per heavy atom. The van der Waals surface area contributed by atoms with E-state index >= 15 is 0 Å². The summed E-state index contributed by atoms with van der Waals surface area (Å²) in [5.74, 6) is 0.641. The van der Waals surface area contributed by atoms with Crippen molar-refractivity contribution in [3.8, 4) is 0 Å². The second-order valence-electron chi connectivity index (χ2n) is 6.76. The van der Waals surface area contributed by atoms with Crippen molar-refractivity contribution in [1.82, 2.24) is 5.32 Å². The molecule has 2 saturated carbocycles. The van der Waals surface area contributed by atoms with Gasteiger partial charge in [-0.3, -0.25) is 4.79 Å². The number of fused-ring (bicyclic) bond motifs is 2. The highest BCUT2D eigenvalue weighted by atomic mass is 16.5. The molecular weight excluding hydrogens is 214 g/mol. The number of carbonyl (C=O) groups excluding carboxylic acids is 1. The van der Waals surface area contributed by atoms with Crippen LogP contribution in [0.1, 0.15) is 47.0 Å². The van der Waals surface area contributed by atoms with E-state index in [2.05, 4.69) is 26.1 Å². The summed E-state index contributed by atoms with van der Waals surface area (Å²) in [5.41, 5.74) is 0.645. The Kier molecular flexibility index (Phi) is 3.01. The fourth-order valence-corrected chi connectivity index (χ4v) is 4.21. The SMILES string of the molecule is COC(=O)C(C)N[C@@H]1C(C)(C)C2CC[C@@]1(C)C2. The molecule has 0 amide bonds. The Morgan fingerprint density at radius 2 is 2.06 bits per heavy atom. The lowest BCUT2D eigenvalue weighted by Crippen LogP contribution is -2.55. The summed E-state index contributed by atoms with van der Waals surface area (Å²) in [7, 11) is 1.45. The molecule has 98 valence electrons. The monoisotopic (exact) mass is 239 g/mol. The van der Waals surface area contributed by atoms with Crippen molar-refractivity contribution in [2.75, 3.05) is 7.11 Å². The van der Waals surface area contributed by atoms with Crippen LogP contribution in [0.3, 0.4) is 0 Å². The van der Waals surface area contributed by atoms with E-state index in [0.29, 0.717) is 11.5 Å². The van der Waals surface area contributed by atoms with Crippen molar-refractivity contribution in [1.29, 1.82) is 0 Å². The smallest absolute Gasteiger partial charge is 0.322 e. The van der Waals surface area contributed by atoms with Crippen LogP contribution in [-0.2, 0) is 9.53 Å². The standard InChI is InChI=1S/C14H25NO2/c1-9(11(16)17-5)15-12-13(2,3)10-6-7-14(12,4)8-10/h9-10,12,15H,6-8H2,1-5H3/t9?,10?,12-,14+/m1/s1. The lowest BCUT2D eigenvalue weighted by Gasteiger charge is -2.44. The van der Waals surface area contributed by atoms with Gasteiger partial charge < -0.3 is 10.1 Å². The van der Waals surface area contributed by atoms with Gasteiger partial charge in [-0.25, -0.2) is 0 Å². The Labute approximate surface area is 104 Å². The van der Waals surface area contributed by atoms with Crippen LogP contribution in [0.2, 0.25) is 0 Å². The fraction of sp³-hybridized carbons (Fsp3) is 0.929. The molecule has 0 spiro atoms. The molecule has 2 unspecified atom stereocenters. The van der Waals surface area contributed by atoms with Crippen LogP contribution >= 0.6 is 0 Å². The molecule has 1 N–H and O–H groups in total. The van der Waals surface area contributed by atoms with Crippen molar-refractivity contribution in [2.24, 2.45) is 16.7 Å². The third kappa shape index (κ3) is 1.88. The highest BCUT2D eigenvalue weighted by Gasteiger charge is 2.59. The molecule has 2 rings (SSSR count). The fourth-order valence-electron chi connectivity index (χ4n) is 4.21. The highest BCUT2D eigenvalue weighted by Crippen LogP contribution is 2.62. The molecule has 0 saturated heterocycles. The second kappa shape index (κ2) is 3.98. The molecule has 17 heavy (non-hydrogen) atoms. The third-order valence-electron chi connectivity index (χ3n) is 5.24. The van der Waals surface area contributed by atoms with E-state index in [4.69, 9.17) is 4.74 Å². The number of carbonyl (C=O) groups is 1. The molecule has 3 nitrogen and oxygen atoms in total. The van der Waals surface area contributed by atoms with Crippen LogP contribution in [0.4, 0.5) is 0 Å². The molecule has 4 atom stereocenters. The number of methoxy groups -OCH3 is 1. The molecular formula is C14H25NO2. The summed E-state index contributed by atoms with van der Waals surface area (Å²) < 4.78 is 4.80. The first-order chi connectivity index (χ1) is 7.81. The van der Waals surface area contributed by atoms with E-state index in [-0.39, 0.29) is 17.4 Å². The van der Waals surface area contributed by atoms with Crippen LogP contribution in [0.5, 0.6) is 0 Å². The zero-order valence-electron chi connectivity index (χ0n) is 11.7. The van der Waals surface area contributed by atoms with Crippen LogP contribution in [0, 0.1) is 16.7 Å². The zero-order valence-corrected chi connectivity index (χ0v) is 11.7. The van der Waals surface area contributed by atoms with E-state index in [1.165, 1.54) is 26.4 Å². The van der Waals surface area contributed by atoms with Gasteiger partial charge in [-0.1, -0.05) is 20.8 Å². The van der Waals surface area contributed by atoms with Crippen molar-refractivity contribution in [3.63, 3.8) is 0 Å². The lowest BCUT2D eigenvalue weighted by atomic mass is 9.68. The molecule has 0 aromatic rings. The Balaban J connectivity index is 2.12. The molecule has 3 heteroatoms. The Bertz CT molecular complexity index is 321. The number of rotatable bonds is 3. The summed E-state index contributed by atoms with van der Waals surface area (Å²) >= 11 is 0. The minimum absolute atomic E-state index is 0.160. The van der Waals surface area contributed by atoms with Crippen LogP contribution < -0.4 is 5.32 Å². The quantitative estimate of drug-likeness (QED) is 0.768. The van der Waals surface area contributed by atoms with Crippen LogP contribution in [0.25, 0.3) is 0 Å². The van der Waals surface area contributed by atoms with Crippen LogP contribution in [0.15, 0.2) is 0 Å². The topological polar surface area (TPSA) is 38.3 Å². The zero-order chi connectivity index (χ0) is 12.8. The molecule has 0 heterocycles. The van der Waals surface area contributed by atoms with Crippen molar-refractivity contribution >= 4 is 5.97 Å². The normalized spacial score (nSPS) is 40.3. The maximum absolute atomic E-state index is 11.5. The minimum Gasteiger partial charge on any atom is -0.468 e. The molecule has 0 aliphatic heterocycles. The van der Waals surface area contributed by atoms with Gasteiger partial charge in [0.15, 0.2) is 0 Å². The van der Waals surface area contributed by atoms with Gasteiger partial charge in [0, 0.05) is 6.04 Å². The predicted octanol–water partition coefficient (Wildman–Crippen LogP) is 2.35. The number of nitrogens with one attached hydrogen (secondary N) is 1. The molecule has 2 fully saturated rings. The molecule has 0 aromatic carbocycles. The first-order valence-electron chi connectivity index (χ1n) is 6.65. The number of ether oxygens (including phenoxy) is 1. The minimum atomic E-state index is -0.208. The first kappa shape index (κ1) is 12.9. The van der Waals surface area contributed by atoms with Gasteiger partial charge in [-0.2, -0.15) is 0 Å². The van der Waals surface area contributed by atoms with Crippen molar-refractivity contribution in [3.05, 3.63) is 0 Å². The first-order valence-corrected chi connectivity index (χ1v) is 6.65. The summed E-state index contributed by atoms with van der Waals surface area (Å²) in [4.78, 5) is 11.5. The summed E-state index contributed by atoms with van der Waals surface area (Å²) in [5, 5.41) is 3.52. The van der Waals surface area contributed by atoms with Gasteiger partial charge in [-0.05, 0) is 42.9 Å². The van der Waals surface area contributed by atoms with Gasteiger partial charge in [0.25, 0.3) is 0 Å².